The maximum absolute atomic E-state index is 10.9. The summed E-state index contributed by atoms with van der Waals surface area (Å²) in [5.41, 5.74) is 1.44. The normalized spacial score (nSPS) is 18.9. The van der Waals surface area contributed by atoms with Gasteiger partial charge in [0.05, 0.1) is 0 Å². The van der Waals surface area contributed by atoms with Crippen molar-refractivity contribution in [1.82, 2.24) is 0 Å². The fraction of sp³-hybridized carbons (Fsp3) is 0.462. The molecule has 2 N–H and O–H groups in total. The van der Waals surface area contributed by atoms with Gasteiger partial charge in [-0.05, 0) is 29.9 Å². The molecule has 0 aliphatic carbocycles. The Morgan fingerprint density at radius 1 is 1.29 bits per heavy atom. The van der Waals surface area contributed by atoms with Crippen LogP contribution in [0, 0.1) is 0 Å². The standard InChI is InChI=1S/C13H16O4/c14-12(13(15)16)11-4-2-1-3-10(11)9-5-7-17-8-6-9/h1-4,9,12,14H,5-8H2,(H,15,16). The van der Waals surface area contributed by atoms with E-state index < -0.39 is 12.1 Å². The molecule has 0 amide bonds. The van der Waals surface area contributed by atoms with Gasteiger partial charge in [0.15, 0.2) is 6.10 Å². The van der Waals surface area contributed by atoms with Crippen LogP contribution < -0.4 is 0 Å². The summed E-state index contributed by atoms with van der Waals surface area (Å²) in [4.78, 5) is 10.9. The summed E-state index contributed by atoms with van der Waals surface area (Å²) in [5, 5.41) is 18.6. The van der Waals surface area contributed by atoms with Gasteiger partial charge in [0, 0.05) is 13.2 Å². The van der Waals surface area contributed by atoms with Crippen molar-refractivity contribution in [1.29, 1.82) is 0 Å². The highest BCUT2D eigenvalue weighted by atomic mass is 16.5. The third-order valence-corrected chi connectivity index (χ3v) is 3.19. The highest BCUT2D eigenvalue weighted by molar-refractivity contribution is 5.74. The summed E-state index contributed by atoms with van der Waals surface area (Å²) in [7, 11) is 0. The fourth-order valence-electron chi connectivity index (χ4n) is 2.27. The molecular weight excluding hydrogens is 220 g/mol. The van der Waals surface area contributed by atoms with Crippen LogP contribution in [0.1, 0.15) is 36.0 Å². The van der Waals surface area contributed by atoms with E-state index >= 15 is 0 Å². The van der Waals surface area contributed by atoms with Crippen molar-refractivity contribution in [2.45, 2.75) is 24.9 Å². The number of carbonyl (C=O) groups is 1. The lowest BCUT2D eigenvalue weighted by molar-refractivity contribution is -0.147. The van der Waals surface area contributed by atoms with E-state index in [2.05, 4.69) is 0 Å². The minimum atomic E-state index is -1.44. The van der Waals surface area contributed by atoms with Crippen molar-refractivity contribution < 1.29 is 19.7 Å². The molecule has 0 saturated carbocycles. The van der Waals surface area contributed by atoms with Crippen molar-refractivity contribution in [3.8, 4) is 0 Å². The number of rotatable bonds is 3. The summed E-state index contributed by atoms with van der Waals surface area (Å²) in [6.45, 7) is 1.39. The highest BCUT2D eigenvalue weighted by Crippen LogP contribution is 2.32. The quantitative estimate of drug-likeness (QED) is 0.838. The van der Waals surface area contributed by atoms with Crippen LogP contribution in [0.5, 0.6) is 0 Å². The number of ether oxygens (including phenoxy) is 1. The van der Waals surface area contributed by atoms with Gasteiger partial charge >= 0.3 is 5.97 Å². The smallest absolute Gasteiger partial charge is 0.337 e. The molecule has 4 heteroatoms. The molecule has 0 spiro atoms. The van der Waals surface area contributed by atoms with Gasteiger partial charge in [-0.25, -0.2) is 4.79 Å². The van der Waals surface area contributed by atoms with E-state index in [0.717, 1.165) is 18.4 Å². The van der Waals surface area contributed by atoms with Crippen molar-refractivity contribution in [3.05, 3.63) is 35.4 Å². The zero-order chi connectivity index (χ0) is 12.3. The Morgan fingerprint density at radius 2 is 1.94 bits per heavy atom. The second-order valence-electron chi connectivity index (χ2n) is 4.26. The molecule has 1 unspecified atom stereocenters. The molecule has 1 fully saturated rings. The van der Waals surface area contributed by atoms with E-state index in [1.165, 1.54) is 0 Å². The zero-order valence-corrected chi connectivity index (χ0v) is 9.50. The van der Waals surface area contributed by atoms with Crippen LogP contribution in [0.2, 0.25) is 0 Å². The molecule has 17 heavy (non-hydrogen) atoms. The van der Waals surface area contributed by atoms with E-state index in [1.807, 2.05) is 12.1 Å². The topological polar surface area (TPSA) is 66.8 Å². The number of aliphatic carboxylic acids is 1. The molecule has 1 heterocycles. The van der Waals surface area contributed by atoms with Gasteiger partial charge in [0.2, 0.25) is 0 Å². The Bertz CT molecular complexity index is 396. The Hall–Kier alpha value is -1.39. The van der Waals surface area contributed by atoms with Crippen LogP contribution in [0.3, 0.4) is 0 Å². The van der Waals surface area contributed by atoms with Crippen molar-refractivity contribution in [2.75, 3.05) is 13.2 Å². The average molecular weight is 236 g/mol. The SMILES string of the molecule is O=C(O)C(O)c1ccccc1C1CCOCC1. The lowest BCUT2D eigenvalue weighted by Crippen LogP contribution is -2.18. The first-order chi connectivity index (χ1) is 8.20. The predicted octanol–water partition coefficient (Wildman–Crippen LogP) is 1.70. The second-order valence-corrected chi connectivity index (χ2v) is 4.26. The molecule has 2 rings (SSSR count). The molecule has 1 saturated heterocycles. The molecule has 0 bridgehead atoms. The number of carboxylic acids is 1. The van der Waals surface area contributed by atoms with Gasteiger partial charge < -0.3 is 14.9 Å². The van der Waals surface area contributed by atoms with Crippen LogP contribution in [0.15, 0.2) is 24.3 Å². The van der Waals surface area contributed by atoms with Crippen molar-refractivity contribution in [2.24, 2.45) is 0 Å². The van der Waals surface area contributed by atoms with Crippen molar-refractivity contribution in [3.63, 3.8) is 0 Å². The Kier molecular flexibility index (Phi) is 3.76. The summed E-state index contributed by atoms with van der Waals surface area (Å²) in [6.07, 6.45) is 0.321. The van der Waals surface area contributed by atoms with Gasteiger partial charge in [0.25, 0.3) is 0 Å². The molecule has 4 nitrogen and oxygen atoms in total. The number of benzene rings is 1. The van der Waals surface area contributed by atoms with Gasteiger partial charge in [0.1, 0.15) is 0 Å². The van der Waals surface area contributed by atoms with Crippen LogP contribution in [-0.2, 0) is 9.53 Å². The van der Waals surface area contributed by atoms with Crippen LogP contribution >= 0.6 is 0 Å². The maximum atomic E-state index is 10.9. The van der Waals surface area contributed by atoms with E-state index in [0.29, 0.717) is 18.8 Å². The number of aliphatic hydroxyl groups excluding tert-OH is 1. The molecule has 92 valence electrons. The molecular formula is C13H16O4. The minimum Gasteiger partial charge on any atom is -0.479 e. The van der Waals surface area contributed by atoms with Gasteiger partial charge in [-0.3, -0.25) is 0 Å². The molecule has 1 aromatic rings. The zero-order valence-electron chi connectivity index (χ0n) is 9.50. The first kappa shape index (κ1) is 12.1. The molecule has 0 aromatic heterocycles. The van der Waals surface area contributed by atoms with Gasteiger partial charge in [-0.15, -0.1) is 0 Å². The lowest BCUT2D eigenvalue weighted by atomic mass is 9.86. The third kappa shape index (κ3) is 2.65. The van der Waals surface area contributed by atoms with Crippen molar-refractivity contribution >= 4 is 5.97 Å². The predicted molar refractivity (Wildman–Crippen MR) is 61.8 cm³/mol. The molecule has 1 aliphatic rings. The van der Waals surface area contributed by atoms with Crippen LogP contribution in [0.4, 0.5) is 0 Å². The number of hydrogen-bond donors (Lipinski definition) is 2. The van der Waals surface area contributed by atoms with Crippen LogP contribution in [0.25, 0.3) is 0 Å². The summed E-state index contributed by atoms with van der Waals surface area (Å²) in [5.74, 6) is -0.918. The summed E-state index contributed by atoms with van der Waals surface area (Å²) in [6, 6.07) is 7.22. The second kappa shape index (κ2) is 5.29. The molecule has 0 radical (unpaired) electrons. The van der Waals surface area contributed by atoms with Gasteiger partial charge in [-0.2, -0.15) is 0 Å². The Labute approximate surface area is 99.8 Å². The average Bonchev–Trinajstić information content (AvgIpc) is 2.39. The summed E-state index contributed by atoms with van der Waals surface area (Å²) < 4.78 is 5.29. The van der Waals surface area contributed by atoms with Gasteiger partial charge in [-0.1, -0.05) is 24.3 Å². The number of aliphatic hydroxyl groups is 1. The Balaban J connectivity index is 2.29. The highest BCUT2D eigenvalue weighted by Gasteiger charge is 2.24. The largest absolute Gasteiger partial charge is 0.479 e. The minimum absolute atomic E-state index is 0.286. The van der Waals surface area contributed by atoms with Crippen LogP contribution in [-0.4, -0.2) is 29.4 Å². The number of carboxylic acid groups (broad SMARTS) is 1. The monoisotopic (exact) mass is 236 g/mol. The first-order valence-electron chi connectivity index (χ1n) is 5.77. The molecule has 1 aliphatic heterocycles. The van der Waals surface area contributed by atoms with E-state index in [9.17, 15) is 9.90 Å². The molecule has 1 aromatic carbocycles. The number of hydrogen-bond acceptors (Lipinski definition) is 3. The van der Waals surface area contributed by atoms with E-state index in [-0.39, 0.29) is 5.92 Å². The Morgan fingerprint density at radius 3 is 2.59 bits per heavy atom. The first-order valence-corrected chi connectivity index (χ1v) is 5.77. The van der Waals surface area contributed by atoms with E-state index in [4.69, 9.17) is 9.84 Å². The summed E-state index contributed by atoms with van der Waals surface area (Å²) >= 11 is 0. The fourth-order valence-corrected chi connectivity index (χ4v) is 2.27. The third-order valence-electron chi connectivity index (χ3n) is 3.19. The lowest BCUT2D eigenvalue weighted by Gasteiger charge is -2.25. The maximum Gasteiger partial charge on any atom is 0.337 e. The molecule has 1 atom stereocenters. The van der Waals surface area contributed by atoms with E-state index in [1.54, 1.807) is 12.1 Å².